The van der Waals surface area contributed by atoms with Crippen molar-refractivity contribution < 1.29 is 9.60 Å². The average Bonchev–Trinajstić information content (AvgIpc) is 3.06. The molecule has 27 heavy (non-hydrogen) atoms. The number of nitrogens with zero attached hydrogens (tertiary/aromatic N) is 3. The highest BCUT2D eigenvalue weighted by atomic mass is 19.1. The largest absolute Gasteiger partial charge is 0.411 e. The predicted molar refractivity (Wildman–Crippen MR) is 107 cm³/mol. The fourth-order valence-corrected chi connectivity index (χ4v) is 5.43. The lowest BCUT2D eigenvalue weighted by Crippen LogP contribution is -2.49. The Morgan fingerprint density at radius 2 is 1.74 bits per heavy atom. The zero-order valence-electron chi connectivity index (χ0n) is 16.6. The second kappa shape index (κ2) is 7.78. The standard InChI is InChI=1S/C22H32FN3O/c1-15(2)16-3-6-18(7-4-16)25-11-9-19(10-12-25)26-14-21(24-27)20-13-17(23)5-8-22(20)26/h5,8,13,15-16,18-19,27H,3-4,6-7,9-12,14H2,1-2H3/b24-21+. The maximum absolute atomic E-state index is 13.6. The highest BCUT2D eigenvalue weighted by Gasteiger charge is 2.35. The van der Waals surface area contributed by atoms with Gasteiger partial charge in [-0.05, 0) is 68.6 Å². The summed E-state index contributed by atoms with van der Waals surface area (Å²) in [5.74, 6) is 1.46. The molecular formula is C22H32FN3O. The molecule has 4 nitrogen and oxygen atoms in total. The summed E-state index contributed by atoms with van der Waals surface area (Å²) >= 11 is 0. The molecule has 1 N–H and O–H groups in total. The maximum atomic E-state index is 13.6. The molecule has 1 aromatic rings. The molecule has 0 atom stereocenters. The molecule has 0 radical (unpaired) electrons. The first-order valence-corrected chi connectivity index (χ1v) is 10.6. The van der Waals surface area contributed by atoms with Crippen molar-refractivity contribution in [1.29, 1.82) is 0 Å². The lowest BCUT2D eigenvalue weighted by molar-refractivity contribution is 0.0981. The SMILES string of the molecule is CC(C)C1CCC(N2CCC(N3C/C(=N\O)c4cc(F)ccc43)CC2)CC1. The van der Waals surface area contributed by atoms with E-state index in [1.165, 1.54) is 37.8 Å². The number of benzene rings is 1. The van der Waals surface area contributed by atoms with E-state index >= 15 is 0 Å². The number of fused-ring (bicyclic) bond motifs is 1. The van der Waals surface area contributed by atoms with Crippen LogP contribution in [-0.2, 0) is 0 Å². The van der Waals surface area contributed by atoms with Gasteiger partial charge in [0.1, 0.15) is 11.5 Å². The highest BCUT2D eigenvalue weighted by molar-refractivity contribution is 6.11. The quantitative estimate of drug-likeness (QED) is 0.626. The summed E-state index contributed by atoms with van der Waals surface area (Å²) in [6.45, 7) is 7.58. The molecule has 0 bridgehead atoms. The van der Waals surface area contributed by atoms with Crippen LogP contribution in [0.2, 0.25) is 0 Å². The summed E-state index contributed by atoms with van der Waals surface area (Å²) in [5.41, 5.74) is 2.34. The normalized spacial score (nSPS) is 28.9. The van der Waals surface area contributed by atoms with Gasteiger partial charge in [-0.1, -0.05) is 19.0 Å². The maximum Gasteiger partial charge on any atom is 0.124 e. The summed E-state index contributed by atoms with van der Waals surface area (Å²) in [5, 5.41) is 12.7. The highest BCUT2D eigenvalue weighted by Crippen LogP contribution is 2.36. The van der Waals surface area contributed by atoms with Gasteiger partial charge in [0.05, 0.1) is 6.54 Å². The van der Waals surface area contributed by atoms with Gasteiger partial charge in [-0.15, -0.1) is 0 Å². The van der Waals surface area contributed by atoms with Crippen molar-refractivity contribution >= 4 is 11.4 Å². The summed E-state index contributed by atoms with van der Waals surface area (Å²) < 4.78 is 13.6. The van der Waals surface area contributed by atoms with Crippen molar-refractivity contribution in [2.75, 3.05) is 24.5 Å². The predicted octanol–water partition coefficient (Wildman–Crippen LogP) is 4.50. The Labute approximate surface area is 162 Å². The van der Waals surface area contributed by atoms with E-state index in [-0.39, 0.29) is 5.82 Å². The number of likely N-dealkylation sites (tertiary alicyclic amines) is 1. The number of oxime groups is 1. The van der Waals surface area contributed by atoms with Crippen LogP contribution in [0.25, 0.3) is 0 Å². The van der Waals surface area contributed by atoms with Gasteiger partial charge in [0.2, 0.25) is 0 Å². The average molecular weight is 374 g/mol. The third-order valence-electron chi connectivity index (χ3n) is 7.16. The molecule has 3 aliphatic rings. The summed E-state index contributed by atoms with van der Waals surface area (Å²) in [7, 11) is 0. The first-order chi connectivity index (χ1) is 13.1. The molecule has 2 fully saturated rings. The van der Waals surface area contributed by atoms with Gasteiger partial charge in [-0.3, -0.25) is 0 Å². The molecule has 0 unspecified atom stereocenters. The van der Waals surface area contributed by atoms with Crippen molar-refractivity contribution in [2.24, 2.45) is 17.0 Å². The zero-order valence-corrected chi connectivity index (χ0v) is 16.6. The van der Waals surface area contributed by atoms with Crippen LogP contribution < -0.4 is 4.90 Å². The van der Waals surface area contributed by atoms with Crippen molar-refractivity contribution in [1.82, 2.24) is 4.90 Å². The molecule has 1 saturated carbocycles. The molecule has 1 aliphatic carbocycles. The van der Waals surface area contributed by atoms with E-state index in [1.54, 1.807) is 0 Å². The van der Waals surface area contributed by atoms with Crippen LogP contribution in [0.3, 0.4) is 0 Å². The lowest BCUT2D eigenvalue weighted by atomic mass is 9.79. The Balaban J connectivity index is 1.37. The van der Waals surface area contributed by atoms with E-state index < -0.39 is 0 Å². The molecule has 0 amide bonds. The third-order valence-corrected chi connectivity index (χ3v) is 7.16. The summed E-state index contributed by atoms with van der Waals surface area (Å²) in [6, 6.07) is 6.04. The van der Waals surface area contributed by atoms with E-state index in [0.29, 0.717) is 18.3 Å². The van der Waals surface area contributed by atoms with Crippen LogP contribution >= 0.6 is 0 Å². The smallest absolute Gasteiger partial charge is 0.124 e. The Hall–Kier alpha value is -1.62. The number of hydrogen-bond acceptors (Lipinski definition) is 4. The van der Waals surface area contributed by atoms with Crippen molar-refractivity contribution in [3.8, 4) is 0 Å². The van der Waals surface area contributed by atoms with Gasteiger partial charge >= 0.3 is 0 Å². The van der Waals surface area contributed by atoms with E-state index in [2.05, 4.69) is 28.8 Å². The van der Waals surface area contributed by atoms with Crippen LogP contribution in [0, 0.1) is 17.7 Å². The van der Waals surface area contributed by atoms with E-state index in [0.717, 1.165) is 55.1 Å². The second-order valence-electron chi connectivity index (χ2n) is 8.92. The molecule has 0 aromatic heterocycles. The second-order valence-corrected chi connectivity index (χ2v) is 8.92. The summed E-state index contributed by atoms with van der Waals surface area (Å²) in [4.78, 5) is 5.02. The van der Waals surface area contributed by atoms with Crippen LogP contribution in [0.1, 0.15) is 57.9 Å². The number of halogens is 1. The Morgan fingerprint density at radius 3 is 2.37 bits per heavy atom. The molecule has 1 saturated heterocycles. The van der Waals surface area contributed by atoms with Crippen molar-refractivity contribution in [3.63, 3.8) is 0 Å². The Kier molecular flexibility index (Phi) is 5.40. The number of piperidine rings is 1. The van der Waals surface area contributed by atoms with E-state index in [1.807, 2.05) is 6.07 Å². The molecule has 2 heterocycles. The first kappa shape index (κ1) is 18.7. The minimum Gasteiger partial charge on any atom is -0.411 e. The van der Waals surface area contributed by atoms with Crippen LogP contribution in [0.15, 0.2) is 23.4 Å². The van der Waals surface area contributed by atoms with Gasteiger partial charge in [-0.25, -0.2) is 4.39 Å². The van der Waals surface area contributed by atoms with Gasteiger partial charge in [0.25, 0.3) is 0 Å². The number of rotatable bonds is 3. The molecule has 0 spiro atoms. The fraction of sp³-hybridized carbons (Fsp3) is 0.682. The molecular weight excluding hydrogens is 341 g/mol. The Morgan fingerprint density at radius 1 is 1.04 bits per heavy atom. The monoisotopic (exact) mass is 373 g/mol. The Bertz CT molecular complexity index is 689. The van der Waals surface area contributed by atoms with Crippen LogP contribution in [0.5, 0.6) is 0 Å². The number of hydrogen-bond donors (Lipinski definition) is 1. The van der Waals surface area contributed by atoms with Crippen molar-refractivity contribution in [2.45, 2.75) is 64.5 Å². The molecule has 2 aliphatic heterocycles. The molecule has 5 heteroatoms. The van der Waals surface area contributed by atoms with Crippen LogP contribution in [0.4, 0.5) is 10.1 Å². The molecule has 1 aromatic carbocycles. The van der Waals surface area contributed by atoms with Crippen molar-refractivity contribution in [3.05, 3.63) is 29.6 Å². The first-order valence-electron chi connectivity index (χ1n) is 10.6. The van der Waals surface area contributed by atoms with Gasteiger partial charge in [0, 0.05) is 36.4 Å². The van der Waals surface area contributed by atoms with Gasteiger partial charge in [0.15, 0.2) is 0 Å². The van der Waals surface area contributed by atoms with E-state index in [9.17, 15) is 9.60 Å². The molecule has 4 rings (SSSR count). The summed E-state index contributed by atoms with van der Waals surface area (Å²) in [6.07, 6.45) is 7.70. The topological polar surface area (TPSA) is 39.1 Å². The molecule has 148 valence electrons. The third kappa shape index (κ3) is 3.71. The van der Waals surface area contributed by atoms with Crippen LogP contribution in [-0.4, -0.2) is 47.5 Å². The number of anilines is 1. The lowest BCUT2D eigenvalue weighted by Gasteiger charge is -2.43. The van der Waals surface area contributed by atoms with Gasteiger partial charge < -0.3 is 15.0 Å². The van der Waals surface area contributed by atoms with E-state index in [4.69, 9.17) is 0 Å². The minimum atomic E-state index is -0.274. The van der Waals surface area contributed by atoms with Gasteiger partial charge in [-0.2, -0.15) is 0 Å². The zero-order chi connectivity index (χ0) is 19.0. The minimum absolute atomic E-state index is 0.274. The fourth-order valence-electron chi connectivity index (χ4n) is 5.43.